The normalized spacial score (nSPS) is 42.9. The van der Waals surface area contributed by atoms with E-state index < -0.39 is 0 Å². The van der Waals surface area contributed by atoms with Crippen LogP contribution in [0, 0.1) is 53.8 Å². The first-order chi connectivity index (χ1) is 26.7. The molecule has 0 spiro atoms. The summed E-state index contributed by atoms with van der Waals surface area (Å²) in [5.41, 5.74) is 0. The largest absolute Gasteiger partial charge is 0.394 e. The topological polar surface area (TPSA) is 177 Å². The second kappa shape index (κ2) is 24.1. The van der Waals surface area contributed by atoms with Crippen LogP contribution in [0.1, 0.15) is 152 Å². The average Bonchev–Trinajstić information content (AvgIpc) is 3.87. The molecule has 13 heteroatoms. The van der Waals surface area contributed by atoms with Gasteiger partial charge in [-0.25, -0.2) is 0 Å². The Morgan fingerprint density at radius 1 is 0.333 bits per heavy atom. The van der Waals surface area contributed by atoms with E-state index in [0.717, 1.165) is 35.5 Å². The van der Waals surface area contributed by atoms with Gasteiger partial charge in [-0.3, -0.25) is 42.5 Å². The van der Waals surface area contributed by atoms with Crippen LogP contribution in [-0.4, -0.2) is 94.2 Å². The monoisotopic (exact) mass is 856 g/mol. The molecule has 5 heterocycles. The van der Waals surface area contributed by atoms with Crippen LogP contribution in [-0.2, 0) is 19.5 Å². The number of nitrogens with one attached hydrogen (secondary N) is 8. The third-order valence-corrected chi connectivity index (χ3v) is 13.6. The quantitative estimate of drug-likeness (QED) is 0.125. The van der Waals surface area contributed by atoms with E-state index in [0.29, 0.717) is 61.2 Å². The zero-order valence-electron chi connectivity index (χ0n) is 37.2. The van der Waals surface area contributed by atoms with Gasteiger partial charge >= 0.3 is 0 Å². The van der Waals surface area contributed by atoms with Gasteiger partial charge in [0.25, 0.3) is 0 Å². The molecule has 12 N–H and O–H groups in total. The zero-order chi connectivity index (χ0) is 40.5. The Bertz CT molecular complexity index is 883. The molecule has 12 nitrogen and oxygen atoms in total. The molecule has 330 valence electrons. The molecule has 0 aromatic carbocycles. The van der Waals surface area contributed by atoms with Gasteiger partial charge in [-0.15, -0.1) is 5.92 Å². The fraction of sp³-hybridized carbons (Fsp3) is 0.977. The van der Waals surface area contributed by atoms with E-state index >= 15 is 0 Å². The number of hydrogen-bond donors (Lipinski definition) is 12. The first kappa shape index (κ1) is 49.8. The molecule has 9 aliphatic rings. The molecule has 0 aromatic rings. The van der Waals surface area contributed by atoms with Gasteiger partial charge in [0.15, 0.2) is 0 Å². The molecule has 16 atom stereocenters. The third-order valence-electron chi connectivity index (χ3n) is 13.6. The first-order valence-corrected chi connectivity index (χ1v) is 23.4. The molecule has 5 aliphatic heterocycles. The standard InChI is InChI=1S/C32H55N8.4C3H8O.Zn/c1-2-10-18-17(9-1)25-33-26(18)38-28-21-13-5-6-14-22(21)30(35-28)40-32-24-16-8-7-15-23(24)31(36-32)39-29-20-12-4-3-11-19(20)27(34-29)37-25;4*1-3(2)4;/h9,17-40H,1-8,10-16H2;4*3-4H,1-2H3;/q-1;;;;;. The molecule has 16 unspecified atom stereocenters. The van der Waals surface area contributed by atoms with Gasteiger partial charge in [0.1, 0.15) is 0 Å². The molecular weight excluding hydrogens is 770 g/mol. The molecule has 0 amide bonds. The maximum atomic E-state index is 8.06. The van der Waals surface area contributed by atoms with Gasteiger partial charge in [0.05, 0.1) is 43.2 Å². The van der Waals surface area contributed by atoms with Crippen LogP contribution < -0.4 is 42.5 Å². The van der Waals surface area contributed by atoms with Gasteiger partial charge in [0, 0.05) is 50.1 Å². The molecule has 0 aromatic heterocycles. The Hall–Kier alpha value is 0.143. The van der Waals surface area contributed by atoms with Crippen molar-refractivity contribution in [3.05, 3.63) is 6.42 Å². The maximum absolute atomic E-state index is 8.06. The molecule has 57 heavy (non-hydrogen) atoms. The molecule has 5 saturated heterocycles. The number of aliphatic hydroxyl groups is 4. The van der Waals surface area contributed by atoms with Crippen LogP contribution in [0.3, 0.4) is 0 Å². The second-order valence-electron chi connectivity index (χ2n) is 19.8. The van der Waals surface area contributed by atoms with E-state index in [9.17, 15) is 0 Å². The average molecular weight is 858 g/mol. The Morgan fingerprint density at radius 2 is 0.526 bits per heavy atom. The maximum Gasteiger partial charge on any atom is 0.0628 e. The van der Waals surface area contributed by atoms with Crippen molar-refractivity contribution in [2.24, 2.45) is 47.3 Å². The number of aliphatic hydroxyl groups excluding tert-OH is 4. The molecule has 9 fully saturated rings. The van der Waals surface area contributed by atoms with Gasteiger partial charge in [-0.1, -0.05) is 51.4 Å². The zero-order valence-corrected chi connectivity index (χ0v) is 40.2. The summed E-state index contributed by atoms with van der Waals surface area (Å²) in [6.07, 6.45) is 25.8. The summed E-state index contributed by atoms with van der Waals surface area (Å²) >= 11 is 0. The number of rotatable bonds is 0. The predicted molar refractivity (Wildman–Crippen MR) is 226 cm³/mol. The van der Waals surface area contributed by atoms with Crippen molar-refractivity contribution < 1.29 is 39.9 Å². The molecule has 4 aliphatic carbocycles. The van der Waals surface area contributed by atoms with Gasteiger partial charge in [-0.2, -0.15) is 6.42 Å². The van der Waals surface area contributed by atoms with Crippen molar-refractivity contribution in [1.29, 1.82) is 0 Å². The summed E-state index contributed by atoms with van der Waals surface area (Å²) in [5, 5.41) is 65.9. The molecule has 0 radical (unpaired) electrons. The second-order valence-corrected chi connectivity index (χ2v) is 19.8. The first-order valence-electron chi connectivity index (χ1n) is 23.4. The van der Waals surface area contributed by atoms with E-state index in [4.69, 9.17) is 20.4 Å². The third kappa shape index (κ3) is 14.1. The fourth-order valence-electron chi connectivity index (χ4n) is 11.7. The van der Waals surface area contributed by atoms with Crippen molar-refractivity contribution in [3.63, 3.8) is 0 Å². The molecule has 8 bridgehead atoms. The predicted octanol–water partition coefficient (Wildman–Crippen LogP) is 3.97. The molecule has 9 rings (SSSR count). The van der Waals surface area contributed by atoms with Crippen molar-refractivity contribution in [1.82, 2.24) is 42.5 Å². The fourth-order valence-corrected chi connectivity index (χ4v) is 11.7. The summed E-state index contributed by atoms with van der Waals surface area (Å²) in [6, 6.07) is 0. The van der Waals surface area contributed by atoms with Crippen molar-refractivity contribution >= 4 is 0 Å². The minimum Gasteiger partial charge on any atom is -0.394 e. The van der Waals surface area contributed by atoms with Crippen LogP contribution in [0.2, 0.25) is 0 Å². The SMILES string of the molecule is CC(C)O.CC(C)O.CC(C)O.CC(C)O.[CH-]1CCCC2C3NC(NC4NC(NC5NC(NC6NC(N3)C3CCCCC63)C3CCCCC53)C3CCCCC43)C12.[Zn]. The van der Waals surface area contributed by atoms with Gasteiger partial charge in [0.2, 0.25) is 0 Å². The van der Waals surface area contributed by atoms with Crippen LogP contribution in [0.4, 0.5) is 0 Å². The summed E-state index contributed by atoms with van der Waals surface area (Å²) in [7, 11) is 0. The van der Waals surface area contributed by atoms with E-state index in [1.54, 1.807) is 55.4 Å². The van der Waals surface area contributed by atoms with Gasteiger partial charge < -0.3 is 26.8 Å². The summed E-state index contributed by atoms with van der Waals surface area (Å²) in [4.78, 5) is 0. The Morgan fingerprint density at radius 3 is 0.772 bits per heavy atom. The van der Waals surface area contributed by atoms with Gasteiger partial charge in [-0.05, 0) is 135 Å². The number of fused-ring (bicyclic) bond motifs is 20. The van der Waals surface area contributed by atoms with Crippen molar-refractivity contribution in [3.8, 4) is 0 Å². The van der Waals surface area contributed by atoms with E-state index in [1.807, 2.05) is 0 Å². The molecule has 4 saturated carbocycles. The van der Waals surface area contributed by atoms with E-state index in [1.165, 1.54) is 96.3 Å². The molecular formula is C44H87N8O4Zn-. The number of hydrogen-bond acceptors (Lipinski definition) is 12. The van der Waals surface area contributed by atoms with Crippen LogP contribution in [0.25, 0.3) is 0 Å². The summed E-state index contributed by atoms with van der Waals surface area (Å²) in [5.74, 6) is 5.74. The smallest absolute Gasteiger partial charge is 0.0628 e. The van der Waals surface area contributed by atoms with Crippen LogP contribution in [0.15, 0.2) is 0 Å². The Labute approximate surface area is 360 Å². The van der Waals surface area contributed by atoms with Crippen molar-refractivity contribution in [2.75, 3.05) is 0 Å². The Kier molecular flexibility index (Phi) is 21.1. The van der Waals surface area contributed by atoms with E-state index in [2.05, 4.69) is 49.0 Å². The summed E-state index contributed by atoms with van der Waals surface area (Å²) < 4.78 is 0. The Balaban J connectivity index is 0.000000366. The van der Waals surface area contributed by atoms with Crippen molar-refractivity contribution in [2.45, 2.75) is 225 Å². The minimum atomic E-state index is -0.167. The minimum absolute atomic E-state index is 0. The summed E-state index contributed by atoms with van der Waals surface area (Å²) in [6.45, 7) is 13.8. The van der Waals surface area contributed by atoms with Crippen LogP contribution >= 0.6 is 0 Å². The van der Waals surface area contributed by atoms with E-state index in [-0.39, 0.29) is 43.9 Å². The van der Waals surface area contributed by atoms with Crippen LogP contribution in [0.5, 0.6) is 0 Å².